The highest BCUT2D eigenvalue weighted by atomic mass is 14.3. The van der Waals surface area contributed by atoms with Crippen molar-refractivity contribution in [1.29, 1.82) is 0 Å². The minimum atomic E-state index is 1.17. The lowest BCUT2D eigenvalue weighted by molar-refractivity contribution is 0.675. The van der Waals surface area contributed by atoms with Crippen LogP contribution in [0, 0.1) is 0 Å². The Labute approximate surface area is 161 Å². The summed E-state index contributed by atoms with van der Waals surface area (Å²) >= 11 is 0. The summed E-state index contributed by atoms with van der Waals surface area (Å²) in [6, 6.07) is 0. The summed E-state index contributed by atoms with van der Waals surface area (Å²) in [7, 11) is 0. The van der Waals surface area contributed by atoms with Crippen LogP contribution in [0.1, 0.15) is 98.9 Å². The molecule has 26 heavy (non-hydrogen) atoms. The zero-order valence-corrected chi connectivity index (χ0v) is 18.1. The van der Waals surface area contributed by atoms with E-state index in [1.165, 1.54) is 64.2 Å². The van der Waals surface area contributed by atoms with Crippen molar-refractivity contribution in [1.82, 2.24) is 0 Å². The highest BCUT2D eigenvalue weighted by Gasteiger charge is 2.25. The van der Waals surface area contributed by atoms with E-state index < -0.39 is 0 Å². The Morgan fingerprint density at radius 3 is 1.00 bits per heavy atom. The number of aryl methyl sites for hydroxylation is 4. The Kier molecular flexibility index (Phi) is 6.10. The molecule has 0 spiro atoms. The van der Waals surface area contributed by atoms with Gasteiger partial charge in [0.15, 0.2) is 0 Å². The number of rotatable bonds is 6. The highest BCUT2D eigenvalue weighted by Crippen LogP contribution is 2.42. The van der Waals surface area contributed by atoms with Gasteiger partial charge in [-0.2, -0.15) is 0 Å². The predicted molar refractivity (Wildman–Crippen MR) is 117 cm³/mol. The van der Waals surface area contributed by atoms with E-state index in [-0.39, 0.29) is 0 Å². The largest absolute Gasteiger partial charge is 0.0613 e. The molecular weight excluding hydrogens is 312 g/mol. The van der Waals surface area contributed by atoms with Gasteiger partial charge in [0.25, 0.3) is 0 Å². The Morgan fingerprint density at radius 1 is 0.423 bits per heavy atom. The second kappa shape index (κ2) is 8.15. The molecule has 1 aliphatic rings. The first-order valence-electron chi connectivity index (χ1n) is 11.3. The summed E-state index contributed by atoms with van der Waals surface area (Å²) in [6.07, 6.45) is 12.5. The topological polar surface area (TPSA) is 0 Å². The Morgan fingerprint density at radius 2 is 0.731 bits per heavy atom. The van der Waals surface area contributed by atoms with Gasteiger partial charge in [-0.25, -0.2) is 0 Å². The van der Waals surface area contributed by atoms with E-state index in [2.05, 4.69) is 41.5 Å². The third kappa shape index (κ3) is 2.81. The van der Waals surface area contributed by atoms with Gasteiger partial charge in [-0.1, -0.05) is 41.5 Å². The lowest BCUT2D eigenvalue weighted by atomic mass is 9.74. The lowest BCUT2D eigenvalue weighted by Crippen LogP contribution is -2.15. The average Bonchev–Trinajstić information content (AvgIpc) is 2.69. The molecule has 2 aromatic carbocycles. The summed E-state index contributed by atoms with van der Waals surface area (Å²) in [5.41, 5.74) is 13.6. The van der Waals surface area contributed by atoms with Crippen LogP contribution in [0.2, 0.25) is 0 Å². The molecule has 0 atom stereocenters. The third-order valence-electron chi connectivity index (χ3n) is 6.87. The van der Waals surface area contributed by atoms with Crippen LogP contribution >= 0.6 is 0 Å². The first kappa shape index (κ1) is 19.5. The molecule has 0 heteroatoms. The maximum absolute atomic E-state index is 2.39. The van der Waals surface area contributed by atoms with Crippen LogP contribution in [0.25, 0.3) is 10.8 Å². The van der Waals surface area contributed by atoms with Gasteiger partial charge in [0.1, 0.15) is 0 Å². The average molecular weight is 351 g/mol. The summed E-state index contributed by atoms with van der Waals surface area (Å²) < 4.78 is 0. The number of fused-ring (bicyclic) bond motifs is 2. The molecule has 1 aliphatic carbocycles. The molecule has 0 heterocycles. The van der Waals surface area contributed by atoms with E-state index in [1.807, 2.05) is 0 Å². The smallest absolute Gasteiger partial charge is 0.0109 e. The van der Waals surface area contributed by atoms with Gasteiger partial charge in [0.2, 0.25) is 0 Å². The maximum Gasteiger partial charge on any atom is -0.0109 e. The third-order valence-corrected chi connectivity index (χ3v) is 6.87. The van der Waals surface area contributed by atoms with Crippen LogP contribution in [0.3, 0.4) is 0 Å². The first-order valence-corrected chi connectivity index (χ1v) is 11.3. The molecule has 142 valence electrons. The van der Waals surface area contributed by atoms with Crippen molar-refractivity contribution in [2.45, 2.75) is 106 Å². The SMILES string of the molecule is CCc1c(CC)c(CC)c2c(CC)c3c(c(CC)c2c1CC)CCCC3. The van der Waals surface area contributed by atoms with Crippen LogP contribution in [0.15, 0.2) is 0 Å². The second-order valence-corrected chi connectivity index (χ2v) is 7.91. The van der Waals surface area contributed by atoms with Gasteiger partial charge in [-0.05, 0) is 119 Å². The first-order chi connectivity index (χ1) is 12.7. The summed E-state index contributed by atoms with van der Waals surface area (Å²) in [6.45, 7) is 14.3. The van der Waals surface area contributed by atoms with E-state index in [0.717, 1.165) is 0 Å². The van der Waals surface area contributed by atoms with Gasteiger partial charge in [0, 0.05) is 0 Å². The number of benzene rings is 2. The van der Waals surface area contributed by atoms with E-state index in [1.54, 1.807) is 55.3 Å². The second-order valence-electron chi connectivity index (χ2n) is 7.91. The molecule has 0 amide bonds. The van der Waals surface area contributed by atoms with Crippen molar-refractivity contribution in [2.75, 3.05) is 0 Å². The van der Waals surface area contributed by atoms with E-state index in [0.29, 0.717) is 0 Å². The van der Waals surface area contributed by atoms with Gasteiger partial charge in [0.05, 0.1) is 0 Å². The molecule has 0 unspecified atom stereocenters. The summed E-state index contributed by atoms with van der Waals surface area (Å²) in [5, 5.41) is 3.36. The van der Waals surface area contributed by atoms with Gasteiger partial charge in [-0.15, -0.1) is 0 Å². The van der Waals surface area contributed by atoms with Crippen LogP contribution in [0.4, 0.5) is 0 Å². The molecule has 0 radical (unpaired) electrons. The molecule has 0 saturated carbocycles. The maximum atomic E-state index is 2.39. The van der Waals surface area contributed by atoms with Crippen LogP contribution in [-0.4, -0.2) is 0 Å². The van der Waals surface area contributed by atoms with Crippen molar-refractivity contribution in [3.63, 3.8) is 0 Å². The van der Waals surface area contributed by atoms with Crippen LogP contribution in [-0.2, 0) is 51.4 Å². The predicted octanol–water partition coefficient (Wildman–Crippen LogP) is 7.09. The summed E-state index contributed by atoms with van der Waals surface area (Å²) in [4.78, 5) is 0. The standard InChI is InChI=1S/C26H38/c1-7-17-18(8-2)20(10-4)26-22(12-6)24-16-14-13-15-23(24)21(11-5)25(26)19(17)9-3/h7-16H2,1-6H3. The highest BCUT2D eigenvalue weighted by molar-refractivity contribution is 5.98. The summed E-state index contributed by atoms with van der Waals surface area (Å²) in [5.74, 6) is 0. The fourth-order valence-electron chi connectivity index (χ4n) is 5.92. The van der Waals surface area contributed by atoms with Crippen LogP contribution < -0.4 is 0 Å². The van der Waals surface area contributed by atoms with Gasteiger partial charge >= 0.3 is 0 Å². The van der Waals surface area contributed by atoms with Crippen LogP contribution in [0.5, 0.6) is 0 Å². The van der Waals surface area contributed by atoms with Crippen molar-refractivity contribution in [3.8, 4) is 0 Å². The van der Waals surface area contributed by atoms with Gasteiger partial charge < -0.3 is 0 Å². The Hall–Kier alpha value is -1.30. The monoisotopic (exact) mass is 350 g/mol. The Balaban J connectivity index is 2.63. The molecule has 0 aromatic heterocycles. The minimum Gasteiger partial charge on any atom is -0.0613 e. The number of hydrogen-bond acceptors (Lipinski definition) is 0. The van der Waals surface area contributed by atoms with E-state index in [9.17, 15) is 0 Å². The fourth-order valence-corrected chi connectivity index (χ4v) is 5.92. The zero-order valence-electron chi connectivity index (χ0n) is 18.1. The van der Waals surface area contributed by atoms with Crippen molar-refractivity contribution in [3.05, 3.63) is 44.5 Å². The molecular formula is C26H38. The molecule has 0 fully saturated rings. The van der Waals surface area contributed by atoms with Crippen molar-refractivity contribution < 1.29 is 0 Å². The molecule has 0 saturated heterocycles. The Bertz CT molecular complexity index is 692. The van der Waals surface area contributed by atoms with E-state index in [4.69, 9.17) is 0 Å². The number of hydrogen-bond donors (Lipinski definition) is 0. The molecule has 2 aromatic rings. The fraction of sp³-hybridized carbons (Fsp3) is 0.615. The molecule has 0 N–H and O–H groups in total. The quantitative estimate of drug-likeness (QED) is 0.521. The molecule has 0 nitrogen and oxygen atoms in total. The molecule has 0 bridgehead atoms. The molecule has 3 rings (SSSR count). The van der Waals surface area contributed by atoms with Crippen molar-refractivity contribution in [2.24, 2.45) is 0 Å². The molecule has 0 aliphatic heterocycles. The van der Waals surface area contributed by atoms with E-state index >= 15 is 0 Å². The van der Waals surface area contributed by atoms with Gasteiger partial charge in [-0.3, -0.25) is 0 Å². The minimum absolute atomic E-state index is 1.17. The zero-order chi connectivity index (χ0) is 18.8. The lowest BCUT2D eigenvalue weighted by Gasteiger charge is -2.30. The normalized spacial score (nSPS) is 14.1. The van der Waals surface area contributed by atoms with Crippen molar-refractivity contribution >= 4 is 10.8 Å².